The molecule has 0 radical (unpaired) electrons. The molecule has 0 atom stereocenters. The van der Waals surface area contributed by atoms with Crippen LogP contribution in [0.15, 0.2) is 107 Å². The number of nitrogens with zero attached hydrogens (tertiary/aromatic N) is 4. The van der Waals surface area contributed by atoms with Crippen LogP contribution in [0.4, 0.5) is 17.2 Å². The largest absolute Gasteiger partial charge is 0.505 e. The number of benzene rings is 4. The number of azo groups is 1. The van der Waals surface area contributed by atoms with Crippen molar-refractivity contribution in [1.29, 1.82) is 0 Å². The number of fused-ring (bicyclic) bond motifs is 1. The number of anilines is 1. The second kappa shape index (κ2) is 9.40. The number of aromatic hydroxyl groups is 1. The van der Waals surface area contributed by atoms with Gasteiger partial charge in [0, 0.05) is 5.69 Å². The van der Waals surface area contributed by atoms with Crippen molar-refractivity contribution in [2.75, 3.05) is 5.32 Å². The number of hydrogen-bond acceptors (Lipinski definition) is 6. The summed E-state index contributed by atoms with van der Waals surface area (Å²) in [5, 5.41) is 27.8. The quantitative estimate of drug-likeness (QED) is 0.231. The van der Waals surface area contributed by atoms with Gasteiger partial charge >= 0.3 is 0 Å². The highest BCUT2D eigenvalue weighted by atomic mass is 16.3. The molecule has 0 spiro atoms. The van der Waals surface area contributed by atoms with Crippen molar-refractivity contribution in [2.24, 2.45) is 10.2 Å². The molecule has 0 fully saturated rings. The van der Waals surface area contributed by atoms with E-state index in [2.05, 4.69) is 20.6 Å². The van der Waals surface area contributed by atoms with Crippen LogP contribution in [0.1, 0.15) is 20.7 Å². The molecule has 170 valence electrons. The van der Waals surface area contributed by atoms with Gasteiger partial charge in [-0.25, -0.2) is 4.68 Å². The van der Waals surface area contributed by atoms with Crippen LogP contribution in [0.5, 0.6) is 5.75 Å². The monoisotopic (exact) mass is 461 g/mol. The van der Waals surface area contributed by atoms with E-state index in [-0.39, 0.29) is 28.4 Å². The zero-order chi connectivity index (χ0) is 24.2. The van der Waals surface area contributed by atoms with Crippen molar-refractivity contribution >= 4 is 40.2 Å². The van der Waals surface area contributed by atoms with Gasteiger partial charge in [0.2, 0.25) is 0 Å². The fourth-order valence-corrected chi connectivity index (χ4v) is 3.74. The van der Waals surface area contributed by atoms with E-state index in [0.717, 1.165) is 0 Å². The molecular formula is C27H19N5O3. The van der Waals surface area contributed by atoms with Gasteiger partial charge < -0.3 is 10.4 Å². The van der Waals surface area contributed by atoms with Crippen LogP contribution in [0, 0.1) is 0 Å². The second-order valence-corrected chi connectivity index (χ2v) is 7.65. The van der Waals surface area contributed by atoms with Gasteiger partial charge in [-0.3, -0.25) is 9.59 Å². The topological polar surface area (TPSA) is 109 Å². The molecule has 1 heterocycles. The van der Waals surface area contributed by atoms with E-state index in [1.807, 2.05) is 48.5 Å². The minimum atomic E-state index is -0.482. The van der Waals surface area contributed by atoms with Crippen molar-refractivity contribution in [1.82, 2.24) is 9.78 Å². The fraction of sp³-hybridized carbons (Fsp3) is 0. The number of aromatic nitrogens is 2. The number of carbonyl (C=O) groups is 2. The third kappa shape index (κ3) is 4.28. The summed E-state index contributed by atoms with van der Waals surface area (Å²) in [6, 6.07) is 27.0. The Kier molecular flexibility index (Phi) is 5.83. The lowest BCUT2D eigenvalue weighted by atomic mass is 10.0. The Morgan fingerprint density at radius 2 is 1.60 bits per heavy atom. The van der Waals surface area contributed by atoms with E-state index in [1.165, 1.54) is 10.9 Å². The molecule has 0 aliphatic carbocycles. The maximum absolute atomic E-state index is 13.2. The Hall–Kier alpha value is -5.11. The molecule has 0 aliphatic heterocycles. The highest BCUT2D eigenvalue weighted by molar-refractivity contribution is 6.16. The summed E-state index contributed by atoms with van der Waals surface area (Å²) in [7, 11) is 0. The van der Waals surface area contributed by atoms with Crippen LogP contribution >= 0.6 is 0 Å². The van der Waals surface area contributed by atoms with E-state index in [4.69, 9.17) is 0 Å². The molecule has 8 heteroatoms. The van der Waals surface area contributed by atoms with E-state index < -0.39 is 5.91 Å². The summed E-state index contributed by atoms with van der Waals surface area (Å²) < 4.78 is 1.48. The molecule has 0 unspecified atom stereocenters. The summed E-state index contributed by atoms with van der Waals surface area (Å²) in [4.78, 5) is 24.8. The highest BCUT2D eigenvalue weighted by Gasteiger charge is 2.20. The smallest absolute Gasteiger partial charge is 0.260 e. The van der Waals surface area contributed by atoms with Crippen molar-refractivity contribution in [3.8, 4) is 11.4 Å². The zero-order valence-electron chi connectivity index (χ0n) is 18.4. The summed E-state index contributed by atoms with van der Waals surface area (Å²) in [5.74, 6) is -0.599. The van der Waals surface area contributed by atoms with Crippen LogP contribution < -0.4 is 5.32 Å². The summed E-state index contributed by atoms with van der Waals surface area (Å²) in [6.45, 7) is 0. The second-order valence-electron chi connectivity index (χ2n) is 7.65. The number of aldehydes is 1. The Labute approximate surface area is 200 Å². The number of phenols is 1. The normalized spacial score (nSPS) is 11.1. The Morgan fingerprint density at radius 1 is 0.914 bits per heavy atom. The third-order valence-corrected chi connectivity index (χ3v) is 5.41. The van der Waals surface area contributed by atoms with E-state index in [0.29, 0.717) is 28.4 Å². The molecular weight excluding hydrogens is 442 g/mol. The van der Waals surface area contributed by atoms with Crippen LogP contribution in [0.3, 0.4) is 0 Å². The Morgan fingerprint density at radius 3 is 2.34 bits per heavy atom. The zero-order valence-corrected chi connectivity index (χ0v) is 18.4. The lowest BCUT2D eigenvalue weighted by Gasteiger charge is -2.12. The number of nitrogens with one attached hydrogen (secondary N) is 1. The average molecular weight is 461 g/mol. The molecule has 0 bridgehead atoms. The number of para-hydroxylation sites is 2. The maximum Gasteiger partial charge on any atom is 0.260 e. The molecule has 2 N–H and O–H groups in total. The van der Waals surface area contributed by atoms with Gasteiger partial charge in [0.1, 0.15) is 5.69 Å². The van der Waals surface area contributed by atoms with Gasteiger partial charge in [-0.1, -0.05) is 60.7 Å². The molecule has 0 saturated carbocycles. The van der Waals surface area contributed by atoms with Crippen LogP contribution in [0.25, 0.3) is 16.5 Å². The highest BCUT2D eigenvalue weighted by Crippen LogP contribution is 2.38. The first-order valence-electron chi connectivity index (χ1n) is 10.8. The molecule has 1 amide bonds. The standard InChI is InChI=1S/C27H19N5O3/c33-17-19-16-28-32(21-12-5-2-6-13-21)26(19)31-30-23-15-18-9-7-8-14-22(18)24(25(23)34)27(35)29-20-10-3-1-4-11-20/h1-17,34H,(H,29,35)/b31-30+. The van der Waals surface area contributed by atoms with Gasteiger partial charge in [-0.2, -0.15) is 5.10 Å². The predicted octanol–water partition coefficient (Wildman–Crippen LogP) is 6.21. The molecule has 1 aromatic heterocycles. The first kappa shape index (κ1) is 21.7. The average Bonchev–Trinajstić information content (AvgIpc) is 3.31. The summed E-state index contributed by atoms with van der Waals surface area (Å²) >= 11 is 0. The minimum Gasteiger partial charge on any atom is -0.505 e. The molecule has 4 aromatic carbocycles. The van der Waals surface area contributed by atoms with Gasteiger partial charge in [0.25, 0.3) is 5.91 Å². The van der Waals surface area contributed by atoms with E-state index in [9.17, 15) is 14.7 Å². The van der Waals surface area contributed by atoms with E-state index in [1.54, 1.807) is 42.5 Å². The fourth-order valence-electron chi connectivity index (χ4n) is 3.74. The number of rotatable bonds is 6. The van der Waals surface area contributed by atoms with Crippen molar-refractivity contribution < 1.29 is 14.7 Å². The summed E-state index contributed by atoms with van der Waals surface area (Å²) in [6.07, 6.45) is 2.03. The van der Waals surface area contributed by atoms with Gasteiger partial charge in [0.15, 0.2) is 17.9 Å². The first-order valence-corrected chi connectivity index (χ1v) is 10.8. The molecule has 8 nitrogen and oxygen atoms in total. The Balaban J connectivity index is 1.60. The number of phenolic OH excluding ortho intramolecular Hbond substituents is 1. The lowest BCUT2D eigenvalue weighted by molar-refractivity contribution is 0.102. The lowest BCUT2D eigenvalue weighted by Crippen LogP contribution is -2.12. The molecule has 0 saturated heterocycles. The number of hydrogen-bond donors (Lipinski definition) is 2. The number of amides is 1. The minimum absolute atomic E-state index is 0.0769. The molecule has 5 aromatic rings. The van der Waals surface area contributed by atoms with Gasteiger partial charge in [-0.15, -0.1) is 10.2 Å². The van der Waals surface area contributed by atoms with Crippen LogP contribution in [0.2, 0.25) is 0 Å². The number of carbonyl (C=O) groups excluding carboxylic acids is 2. The van der Waals surface area contributed by atoms with Gasteiger partial charge in [-0.05, 0) is 41.1 Å². The summed E-state index contributed by atoms with van der Waals surface area (Å²) in [5.41, 5.74) is 1.68. The van der Waals surface area contributed by atoms with E-state index >= 15 is 0 Å². The predicted molar refractivity (Wildman–Crippen MR) is 133 cm³/mol. The van der Waals surface area contributed by atoms with Crippen LogP contribution in [-0.2, 0) is 0 Å². The van der Waals surface area contributed by atoms with Crippen LogP contribution in [-0.4, -0.2) is 27.1 Å². The first-order chi connectivity index (χ1) is 17.2. The Bertz CT molecular complexity index is 1560. The van der Waals surface area contributed by atoms with Gasteiger partial charge in [0.05, 0.1) is 23.0 Å². The molecule has 0 aliphatic rings. The van der Waals surface area contributed by atoms with Crippen molar-refractivity contribution in [3.63, 3.8) is 0 Å². The molecule has 35 heavy (non-hydrogen) atoms. The maximum atomic E-state index is 13.2. The third-order valence-electron chi connectivity index (χ3n) is 5.41. The van der Waals surface area contributed by atoms with Crippen molar-refractivity contribution in [2.45, 2.75) is 0 Å². The molecule has 5 rings (SSSR count). The SMILES string of the molecule is O=Cc1cnn(-c2ccccc2)c1/N=N/c1cc2ccccc2c(C(=O)Nc2ccccc2)c1O. The van der Waals surface area contributed by atoms with Crippen molar-refractivity contribution in [3.05, 3.63) is 108 Å².